The van der Waals surface area contributed by atoms with Crippen LogP contribution in [0.5, 0.6) is 0 Å². The van der Waals surface area contributed by atoms with Crippen molar-refractivity contribution in [2.45, 2.75) is 32.3 Å². The van der Waals surface area contributed by atoms with E-state index in [0.29, 0.717) is 0 Å². The zero-order valence-electron chi connectivity index (χ0n) is 12.0. The summed E-state index contributed by atoms with van der Waals surface area (Å²) in [5.74, 6) is 0.736. The third kappa shape index (κ3) is 3.95. The molecule has 1 aromatic rings. The summed E-state index contributed by atoms with van der Waals surface area (Å²) in [5, 5.41) is 9.79. The Morgan fingerprint density at radius 3 is 2.47 bits per heavy atom. The predicted octanol–water partition coefficient (Wildman–Crippen LogP) is 2.99. The van der Waals surface area contributed by atoms with Crippen LogP contribution in [0.4, 0.5) is 5.69 Å². The first kappa shape index (κ1) is 14.4. The molecule has 3 heteroatoms. The summed E-state index contributed by atoms with van der Waals surface area (Å²) in [6.07, 6.45) is 2.75. The fraction of sp³-hybridized carbons (Fsp3) is 0.625. The minimum absolute atomic E-state index is 0.338. The zero-order chi connectivity index (χ0) is 13.7. The van der Waals surface area contributed by atoms with Gasteiger partial charge in [0.25, 0.3) is 0 Å². The highest BCUT2D eigenvalue weighted by molar-refractivity contribution is 5.47. The first-order valence-electron chi connectivity index (χ1n) is 7.27. The van der Waals surface area contributed by atoms with E-state index in [1.807, 2.05) is 19.1 Å². The lowest BCUT2D eigenvalue weighted by Gasteiger charge is -2.28. The van der Waals surface area contributed by atoms with Gasteiger partial charge in [-0.25, -0.2) is 0 Å². The van der Waals surface area contributed by atoms with Crippen molar-refractivity contribution in [2.24, 2.45) is 5.92 Å². The van der Waals surface area contributed by atoms with Gasteiger partial charge in [0.1, 0.15) is 0 Å². The first-order chi connectivity index (χ1) is 9.20. The van der Waals surface area contributed by atoms with E-state index in [1.165, 1.54) is 5.69 Å². The summed E-state index contributed by atoms with van der Waals surface area (Å²) in [6, 6.07) is 8.27. The number of anilines is 1. The summed E-state index contributed by atoms with van der Waals surface area (Å²) >= 11 is 0. The Kier molecular flexibility index (Phi) is 5.23. The van der Waals surface area contributed by atoms with E-state index in [-0.39, 0.29) is 6.10 Å². The summed E-state index contributed by atoms with van der Waals surface area (Å²) in [6.45, 7) is 4.88. The Hall–Kier alpha value is -1.06. The first-order valence-corrected chi connectivity index (χ1v) is 7.27. The van der Waals surface area contributed by atoms with E-state index >= 15 is 0 Å². The Morgan fingerprint density at radius 1 is 1.26 bits per heavy atom. The molecule has 0 spiro atoms. The van der Waals surface area contributed by atoms with Crippen LogP contribution >= 0.6 is 0 Å². The molecule has 1 aliphatic heterocycles. The highest BCUT2D eigenvalue weighted by Crippen LogP contribution is 2.23. The van der Waals surface area contributed by atoms with Crippen LogP contribution in [0.15, 0.2) is 24.3 Å². The monoisotopic (exact) mass is 263 g/mol. The second-order valence-corrected chi connectivity index (χ2v) is 5.45. The summed E-state index contributed by atoms with van der Waals surface area (Å²) in [7, 11) is 2.14. The number of rotatable bonds is 5. The maximum Gasteiger partial charge on any atom is 0.0787 e. The number of ether oxygens (including phenoxy) is 1. The van der Waals surface area contributed by atoms with Crippen molar-refractivity contribution >= 4 is 5.69 Å². The Balaban J connectivity index is 1.93. The molecule has 106 valence electrons. The quantitative estimate of drug-likeness (QED) is 0.886. The number of benzene rings is 1. The highest BCUT2D eigenvalue weighted by Gasteiger charge is 2.16. The number of hydrogen-bond acceptors (Lipinski definition) is 3. The average Bonchev–Trinajstić information content (AvgIpc) is 2.47. The van der Waals surface area contributed by atoms with E-state index in [2.05, 4.69) is 24.1 Å². The largest absolute Gasteiger partial charge is 0.388 e. The van der Waals surface area contributed by atoms with Gasteiger partial charge < -0.3 is 14.7 Å². The van der Waals surface area contributed by atoms with E-state index < -0.39 is 0 Å². The minimum Gasteiger partial charge on any atom is -0.388 e. The van der Waals surface area contributed by atoms with Crippen LogP contribution in [0.25, 0.3) is 0 Å². The Morgan fingerprint density at radius 2 is 1.89 bits per heavy atom. The molecule has 3 nitrogen and oxygen atoms in total. The minimum atomic E-state index is -0.338. The molecule has 1 fully saturated rings. The molecule has 0 bridgehead atoms. The predicted molar refractivity (Wildman–Crippen MR) is 78.5 cm³/mol. The van der Waals surface area contributed by atoms with Crippen molar-refractivity contribution in [1.29, 1.82) is 0 Å². The molecule has 0 unspecified atom stereocenters. The molecule has 1 aliphatic rings. The summed E-state index contributed by atoms with van der Waals surface area (Å²) in [4.78, 5) is 2.30. The van der Waals surface area contributed by atoms with Gasteiger partial charge in [0.2, 0.25) is 0 Å². The molecule has 2 rings (SSSR count). The van der Waals surface area contributed by atoms with E-state index in [1.54, 1.807) is 0 Å². The van der Waals surface area contributed by atoms with Crippen molar-refractivity contribution in [3.05, 3.63) is 29.8 Å². The number of aliphatic hydroxyl groups excluding tert-OH is 1. The molecule has 0 saturated carbocycles. The van der Waals surface area contributed by atoms with Crippen LogP contribution in [-0.4, -0.2) is 31.9 Å². The van der Waals surface area contributed by atoms with Gasteiger partial charge in [-0.2, -0.15) is 0 Å². The molecule has 1 heterocycles. The molecule has 1 aromatic carbocycles. The standard InChI is InChI=1S/C16H25NO2/c1-3-16(18)14-4-6-15(7-5-14)17(2)12-13-8-10-19-11-9-13/h4-7,13,16,18H,3,8-12H2,1-2H3/t16-/m0/s1. The van der Waals surface area contributed by atoms with Crippen molar-refractivity contribution in [3.8, 4) is 0 Å². The normalized spacial score (nSPS) is 18.3. The summed E-state index contributed by atoms with van der Waals surface area (Å²) in [5.41, 5.74) is 2.23. The van der Waals surface area contributed by atoms with Crippen LogP contribution in [0.1, 0.15) is 37.9 Å². The van der Waals surface area contributed by atoms with Gasteiger partial charge in [0, 0.05) is 32.5 Å². The lowest BCUT2D eigenvalue weighted by atomic mass is 9.99. The molecule has 1 atom stereocenters. The van der Waals surface area contributed by atoms with E-state index in [0.717, 1.165) is 50.5 Å². The van der Waals surface area contributed by atoms with Gasteiger partial charge in [0.05, 0.1) is 6.10 Å². The SMILES string of the molecule is CC[C@H](O)c1ccc(N(C)CC2CCOCC2)cc1. The number of hydrogen-bond donors (Lipinski definition) is 1. The molecule has 0 aliphatic carbocycles. The molecule has 19 heavy (non-hydrogen) atoms. The fourth-order valence-corrected chi connectivity index (χ4v) is 2.61. The lowest BCUT2D eigenvalue weighted by Crippen LogP contribution is -2.29. The second-order valence-electron chi connectivity index (χ2n) is 5.45. The highest BCUT2D eigenvalue weighted by atomic mass is 16.5. The molecule has 0 aromatic heterocycles. The van der Waals surface area contributed by atoms with E-state index in [9.17, 15) is 5.11 Å². The van der Waals surface area contributed by atoms with Crippen LogP contribution in [-0.2, 0) is 4.74 Å². The van der Waals surface area contributed by atoms with Crippen molar-refractivity contribution in [1.82, 2.24) is 0 Å². The van der Waals surface area contributed by atoms with Gasteiger partial charge in [-0.3, -0.25) is 0 Å². The number of nitrogens with zero attached hydrogens (tertiary/aromatic N) is 1. The van der Waals surface area contributed by atoms with Gasteiger partial charge in [-0.05, 0) is 42.9 Å². The van der Waals surface area contributed by atoms with Gasteiger partial charge >= 0.3 is 0 Å². The lowest BCUT2D eigenvalue weighted by molar-refractivity contribution is 0.0685. The summed E-state index contributed by atoms with van der Waals surface area (Å²) < 4.78 is 5.40. The molecule has 0 amide bonds. The van der Waals surface area contributed by atoms with Crippen LogP contribution in [0.2, 0.25) is 0 Å². The Bertz CT molecular complexity index is 371. The molecule has 1 saturated heterocycles. The number of aliphatic hydroxyl groups is 1. The molecular formula is C16H25NO2. The Labute approximate surface area is 116 Å². The fourth-order valence-electron chi connectivity index (χ4n) is 2.61. The van der Waals surface area contributed by atoms with Crippen molar-refractivity contribution in [3.63, 3.8) is 0 Å². The van der Waals surface area contributed by atoms with Crippen molar-refractivity contribution in [2.75, 3.05) is 31.7 Å². The second kappa shape index (κ2) is 6.92. The average molecular weight is 263 g/mol. The van der Waals surface area contributed by atoms with Gasteiger partial charge in [-0.1, -0.05) is 19.1 Å². The van der Waals surface area contributed by atoms with Crippen LogP contribution < -0.4 is 4.90 Å². The third-order valence-corrected chi connectivity index (χ3v) is 3.98. The smallest absolute Gasteiger partial charge is 0.0787 e. The maximum atomic E-state index is 9.79. The van der Waals surface area contributed by atoms with Gasteiger partial charge in [-0.15, -0.1) is 0 Å². The van der Waals surface area contributed by atoms with Crippen molar-refractivity contribution < 1.29 is 9.84 Å². The van der Waals surface area contributed by atoms with E-state index in [4.69, 9.17) is 4.74 Å². The van der Waals surface area contributed by atoms with Crippen LogP contribution in [0.3, 0.4) is 0 Å². The van der Waals surface area contributed by atoms with Gasteiger partial charge in [0.15, 0.2) is 0 Å². The third-order valence-electron chi connectivity index (χ3n) is 3.98. The topological polar surface area (TPSA) is 32.7 Å². The maximum absolute atomic E-state index is 9.79. The molecule has 0 radical (unpaired) electrons. The molecular weight excluding hydrogens is 238 g/mol. The van der Waals surface area contributed by atoms with Crippen LogP contribution in [0, 0.1) is 5.92 Å². The zero-order valence-corrected chi connectivity index (χ0v) is 12.0. The molecule has 1 N–H and O–H groups in total.